The van der Waals surface area contributed by atoms with E-state index in [1.165, 1.54) is 4.90 Å². The van der Waals surface area contributed by atoms with Crippen LogP contribution < -0.4 is 0 Å². The first-order chi connectivity index (χ1) is 6.46. The van der Waals surface area contributed by atoms with Crippen LogP contribution >= 0.6 is 11.8 Å². The van der Waals surface area contributed by atoms with Crippen molar-refractivity contribution in [1.82, 2.24) is 4.90 Å². The summed E-state index contributed by atoms with van der Waals surface area (Å²) in [6.07, 6.45) is 1.88. The van der Waals surface area contributed by atoms with Crippen LogP contribution in [0, 0.1) is 0 Å². The first kappa shape index (κ1) is 11.4. The quantitative estimate of drug-likeness (QED) is 0.760. The zero-order valence-electron chi connectivity index (χ0n) is 8.45. The van der Waals surface area contributed by atoms with Crippen molar-refractivity contribution in [3.8, 4) is 0 Å². The molecule has 0 aromatic carbocycles. The van der Waals surface area contributed by atoms with E-state index in [1.807, 2.05) is 6.92 Å². The minimum Gasteiger partial charge on any atom is -0.480 e. The summed E-state index contributed by atoms with van der Waals surface area (Å²) in [5.74, 6) is -0.0433. The molecule has 4 nitrogen and oxygen atoms in total. The number of carbonyl (C=O) groups excluding carboxylic acids is 1. The fourth-order valence-electron chi connectivity index (χ4n) is 1.63. The molecular weight excluding hydrogens is 202 g/mol. The van der Waals surface area contributed by atoms with Gasteiger partial charge >= 0.3 is 5.97 Å². The number of thioether (sulfide) groups is 1. The molecule has 0 aromatic heterocycles. The molecule has 14 heavy (non-hydrogen) atoms. The van der Waals surface area contributed by atoms with Gasteiger partial charge in [-0.05, 0) is 25.5 Å². The van der Waals surface area contributed by atoms with E-state index < -0.39 is 10.7 Å². The maximum atomic E-state index is 11.8. The fraction of sp³-hybridized carbons (Fsp3) is 0.778. The average molecular weight is 217 g/mol. The second kappa shape index (κ2) is 4.21. The molecule has 0 saturated carbocycles. The Bertz CT molecular complexity index is 248. The van der Waals surface area contributed by atoms with Gasteiger partial charge in [0.2, 0.25) is 5.91 Å². The Hall–Kier alpha value is -0.710. The summed E-state index contributed by atoms with van der Waals surface area (Å²) >= 11 is 1.62. The van der Waals surface area contributed by atoms with Crippen molar-refractivity contribution in [3.63, 3.8) is 0 Å². The third-order valence-electron chi connectivity index (χ3n) is 2.39. The Labute approximate surface area is 87.7 Å². The van der Waals surface area contributed by atoms with Gasteiger partial charge in [-0.3, -0.25) is 9.59 Å². The molecule has 1 amide bonds. The number of hydrogen-bond acceptors (Lipinski definition) is 3. The zero-order chi connectivity index (χ0) is 10.8. The maximum Gasteiger partial charge on any atom is 0.323 e. The van der Waals surface area contributed by atoms with Gasteiger partial charge in [-0.25, -0.2) is 0 Å². The Kier molecular flexibility index (Phi) is 3.42. The normalized spacial score (nSPS) is 26.1. The number of carboxylic acid groups (broad SMARTS) is 1. The van der Waals surface area contributed by atoms with Crippen molar-refractivity contribution < 1.29 is 14.7 Å². The van der Waals surface area contributed by atoms with Crippen LogP contribution in [0.5, 0.6) is 0 Å². The number of aliphatic carboxylic acids is 1. The molecule has 0 bridgehead atoms. The molecule has 1 aliphatic heterocycles. The Morgan fingerprint density at radius 1 is 1.57 bits per heavy atom. The highest BCUT2D eigenvalue weighted by molar-refractivity contribution is 8.01. The van der Waals surface area contributed by atoms with Crippen LogP contribution in [0.15, 0.2) is 0 Å². The summed E-state index contributed by atoms with van der Waals surface area (Å²) in [7, 11) is 1.54. The monoisotopic (exact) mass is 217 g/mol. The lowest BCUT2D eigenvalue weighted by atomic mass is 10.0. The number of nitrogens with zero attached hydrogens (tertiary/aromatic N) is 1. The van der Waals surface area contributed by atoms with E-state index >= 15 is 0 Å². The van der Waals surface area contributed by atoms with E-state index in [2.05, 4.69) is 0 Å². The summed E-state index contributed by atoms with van der Waals surface area (Å²) in [4.78, 5) is 23.6. The molecule has 0 spiro atoms. The van der Waals surface area contributed by atoms with Crippen molar-refractivity contribution in [2.24, 2.45) is 0 Å². The van der Waals surface area contributed by atoms with Crippen molar-refractivity contribution in [2.75, 3.05) is 19.3 Å². The molecule has 1 aliphatic rings. The minimum absolute atomic E-state index is 0.0672. The van der Waals surface area contributed by atoms with Crippen LogP contribution in [0.1, 0.15) is 19.8 Å². The second-order valence-corrected chi connectivity index (χ2v) is 5.34. The zero-order valence-corrected chi connectivity index (χ0v) is 9.26. The number of hydrogen-bond donors (Lipinski definition) is 1. The van der Waals surface area contributed by atoms with Crippen LogP contribution in [0.25, 0.3) is 0 Å². The highest BCUT2D eigenvalue weighted by Crippen LogP contribution is 2.38. The molecule has 1 heterocycles. The number of carboxylic acids is 1. The molecule has 0 radical (unpaired) electrons. The topological polar surface area (TPSA) is 57.6 Å². The largest absolute Gasteiger partial charge is 0.480 e. The van der Waals surface area contributed by atoms with Gasteiger partial charge in [0.05, 0.1) is 4.75 Å². The molecule has 1 fully saturated rings. The van der Waals surface area contributed by atoms with E-state index in [0.29, 0.717) is 0 Å². The van der Waals surface area contributed by atoms with Crippen molar-refractivity contribution in [2.45, 2.75) is 24.5 Å². The lowest BCUT2D eigenvalue weighted by Gasteiger charge is -2.26. The number of amides is 1. The Morgan fingerprint density at radius 3 is 2.64 bits per heavy atom. The molecule has 1 atom stereocenters. The lowest BCUT2D eigenvalue weighted by molar-refractivity contribution is -0.144. The summed E-state index contributed by atoms with van der Waals surface area (Å²) < 4.78 is -0.399. The Balaban J connectivity index is 2.59. The summed E-state index contributed by atoms with van der Waals surface area (Å²) in [5.41, 5.74) is 0. The van der Waals surface area contributed by atoms with E-state index in [9.17, 15) is 9.59 Å². The molecular formula is C9H15NO3S. The minimum atomic E-state index is -0.965. The molecule has 0 aliphatic carbocycles. The third kappa shape index (κ3) is 2.41. The molecule has 1 unspecified atom stereocenters. The highest BCUT2D eigenvalue weighted by Gasteiger charge is 2.39. The van der Waals surface area contributed by atoms with Gasteiger partial charge in [-0.2, -0.15) is 0 Å². The second-order valence-electron chi connectivity index (χ2n) is 3.74. The highest BCUT2D eigenvalue weighted by atomic mass is 32.2. The molecule has 80 valence electrons. The van der Waals surface area contributed by atoms with Crippen LogP contribution in [-0.2, 0) is 9.59 Å². The van der Waals surface area contributed by atoms with Crippen molar-refractivity contribution in [1.29, 1.82) is 0 Å². The number of rotatable bonds is 3. The molecule has 1 N–H and O–H groups in total. The predicted molar refractivity (Wildman–Crippen MR) is 55.4 cm³/mol. The van der Waals surface area contributed by atoms with Crippen molar-refractivity contribution >= 4 is 23.6 Å². The first-order valence-electron chi connectivity index (χ1n) is 4.57. The standard InChI is InChI=1S/C9H15NO3S/c1-9(4-3-5-14-9)8(13)10(2)6-7(11)12/h3-6H2,1-2H3,(H,11,12). The van der Waals surface area contributed by atoms with Gasteiger partial charge in [0, 0.05) is 7.05 Å². The molecule has 1 saturated heterocycles. The van der Waals surface area contributed by atoms with Gasteiger partial charge in [-0.15, -0.1) is 11.8 Å². The van der Waals surface area contributed by atoms with Crippen molar-refractivity contribution in [3.05, 3.63) is 0 Å². The molecule has 1 rings (SSSR count). The van der Waals surface area contributed by atoms with Gasteiger partial charge < -0.3 is 10.0 Å². The van der Waals surface area contributed by atoms with Gasteiger partial charge in [0.1, 0.15) is 6.54 Å². The maximum absolute atomic E-state index is 11.8. The molecule has 5 heteroatoms. The summed E-state index contributed by atoms with van der Waals surface area (Å²) in [6.45, 7) is 1.68. The SMILES string of the molecule is CN(CC(=O)O)C(=O)C1(C)CCCS1. The van der Waals surface area contributed by atoms with E-state index in [4.69, 9.17) is 5.11 Å². The third-order valence-corrected chi connectivity index (χ3v) is 3.90. The predicted octanol–water partition coefficient (Wildman–Crippen LogP) is 0.815. The fourth-order valence-corrected chi connectivity index (χ4v) is 2.93. The van der Waals surface area contributed by atoms with Crippen LogP contribution in [0.4, 0.5) is 0 Å². The van der Waals surface area contributed by atoms with Gasteiger partial charge in [-0.1, -0.05) is 0 Å². The van der Waals surface area contributed by atoms with E-state index in [-0.39, 0.29) is 12.5 Å². The van der Waals surface area contributed by atoms with Crippen LogP contribution in [-0.4, -0.2) is 46.0 Å². The van der Waals surface area contributed by atoms with Crippen LogP contribution in [0.2, 0.25) is 0 Å². The van der Waals surface area contributed by atoms with E-state index in [0.717, 1.165) is 18.6 Å². The Morgan fingerprint density at radius 2 is 2.21 bits per heavy atom. The van der Waals surface area contributed by atoms with Crippen LogP contribution in [0.3, 0.4) is 0 Å². The lowest BCUT2D eigenvalue weighted by Crippen LogP contribution is -2.43. The smallest absolute Gasteiger partial charge is 0.323 e. The van der Waals surface area contributed by atoms with Gasteiger partial charge in [0.25, 0.3) is 0 Å². The number of likely N-dealkylation sites (N-methyl/N-ethyl adjacent to an activating group) is 1. The average Bonchev–Trinajstić information content (AvgIpc) is 2.51. The van der Waals surface area contributed by atoms with E-state index in [1.54, 1.807) is 18.8 Å². The first-order valence-corrected chi connectivity index (χ1v) is 5.55. The van der Waals surface area contributed by atoms with Gasteiger partial charge in [0.15, 0.2) is 0 Å². The summed E-state index contributed by atoms with van der Waals surface area (Å²) in [5, 5.41) is 8.56. The summed E-state index contributed by atoms with van der Waals surface area (Å²) in [6, 6.07) is 0. The molecule has 0 aromatic rings. The number of carbonyl (C=O) groups is 2.